The van der Waals surface area contributed by atoms with E-state index in [1.54, 1.807) is 18.2 Å². The van der Waals surface area contributed by atoms with E-state index in [1.165, 1.54) is 18.6 Å². The summed E-state index contributed by atoms with van der Waals surface area (Å²) in [5.41, 5.74) is 9.63. The largest absolute Gasteiger partial charge is 0.507 e. The van der Waals surface area contributed by atoms with Crippen LogP contribution in [-0.2, 0) is 13.1 Å². The molecule has 0 unspecified atom stereocenters. The molecule has 0 heterocycles. The number of ketones is 1. The third-order valence-electron chi connectivity index (χ3n) is 5.25. The van der Waals surface area contributed by atoms with E-state index in [9.17, 15) is 15.0 Å². The fourth-order valence-electron chi connectivity index (χ4n) is 3.12. The summed E-state index contributed by atoms with van der Waals surface area (Å²) in [6.07, 6.45) is 0. The molecule has 0 spiro atoms. The molecule has 212 valence electrons. The number of hydrogen-bond donors (Lipinski definition) is 3. The van der Waals surface area contributed by atoms with Gasteiger partial charge in [-0.05, 0) is 85.6 Å². The Morgan fingerprint density at radius 2 is 1.07 bits per heavy atom. The monoisotopic (exact) mass is 816 g/mol. The molecule has 0 saturated heterocycles. The van der Waals surface area contributed by atoms with Gasteiger partial charge in [-0.25, -0.2) is 0 Å². The molecule has 0 aromatic heterocycles. The second-order valence-corrected chi connectivity index (χ2v) is 11.9. The predicted octanol–water partition coefficient (Wildman–Crippen LogP) is 9.61. The van der Waals surface area contributed by atoms with Crippen molar-refractivity contribution >= 4 is 87.6 Å². The number of carbonyl (C=O) groups is 1. The Hall–Kier alpha value is -2.01. The normalized spacial score (nSPS) is 10.3. The van der Waals surface area contributed by atoms with Crippen LogP contribution in [0.5, 0.6) is 11.5 Å². The van der Waals surface area contributed by atoms with Crippen LogP contribution in [0.2, 0.25) is 0 Å². The summed E-state index contributed by atoms with van der Waals surface area (Å²) in [6.45, 7) is 4.55. The molecule has 0 saturated carbocycles. The molecule has 4 aromatic carbocycles. The molecule has 10 heteroatoms. The maximum atomic E-state index is 10.8. The second kappa shape index (κ2) is 18.4. The number of phenolic OH excluding ortho intramolecular Hbond substituents is 2. The Kier molecular flexibility index (Phi) is 16.6. The van der Waals surface area contributed by atoms with Crippen LogP contribution in [0.15, 0.2) is 108 Å². The lowest BCUT2D eigenvalue weighted by Crippen LogP contribution is -1.96. The minimum absolute atomic E-state index is 0. The van der Waals surface area contributed by atoms with Gasteiger partial charge in [0.05, 0.1) is 12.1 Å². The third kappa shape index (κ3) is 12.7. The van der Waals surface area contributed by atoms with Crippen molar-refractivity contribution in [2.75, 3.05) is 0 Å². The van der Waals surface area contributed by atoms with E-state index in [1.807, 2.05) is 67.6 Å². The highest BCUT2D eigenvalue weighted by atomic mass is 79.9. The Morgan fingerprint density at radius 1 is 0.675 bits per heavy atom. The number of phenols is 2. The van der Waals surface area contributed by atoms with Crippen molar-refractivity contribution in [1.82, 2.24) is 0 Å². The van der Waals surface area contributed by atoms with Gasteiger partial charge in [-0.2, -0.15) is 0 Å². The minimum atomic E-state index is -0.130. The quantitative estimate of drug-likeness (QED) is 0.138. The molecular formula is C30H29Br4ClN2O3. The van der Waals surface area contributed by atoms with E-state index in [4.69, 9.17) is 5.73 Å². The molecule has 0 radical (unpaired) electrons. The maximum Gasteiger partial charge on any atom is 0.163 e. The Bertz CT molecular complexity index is 1410. The van der Waals surface area contributed by atoms with Gasteiger partial charge >= 0.3 is 0 Å². The lowest BCUT2D eigenvalue weighted by molar-refractivity contribution is 0.101. The van der Waals surface area contributed by atoms with E-state index in [2.05, 4.69) is 68.7 Å². The summed E-state index contributed by atoms with van der Waals surface area (Å²) in [5, 5.41) is 19.1. The van der Waals surface area contributed by atoms with Crippen molar-refractivity contribution in [3.8, 4) is 11.5 Å². The van der Waals surface area contributed by atoms with Crippen LogP contribution in [0, 0.1) is 0 Å². The van der Waals surface area contributed by atoms with Gasteiger partial charge < -0.3 is 15.9 Å². The van der Waals surface area contributed by atoms with Crippen LogP contribution in [0.4, 0.5) is 0 Å². The molecule has 4 rings (SSSR count). The standard InChI is InChI=1S/C15H13Br2NO.C8H7BrO2.C7H8BrN.ClH/c1-10(14-7-6-13(17)8-15(14)19)18-9-11-2-4-12(16)5-3-11;1-5(10)7-3-2-6(9)4-8(7)11;8-7-3-1-6(5-9)2-4-7;/h2-8,19H,9H2,1H3;2-4,11H,1H3;1-4H,5,9H2;1H. The Labute approximate surface area is 274 Å². The van der Waals surface area contributed by atoms with Gasteiger partial charge in [-0.1, -0.05) is 88.0 Å². The number of nitrogens with two attached hydrogens (primary N) is 1. The number of carbonyl (C=O) groups excluding carboxylic acids is 1. The Morgan fingerprint density at radius 3 is 1.48 bits per heavy atom. The van der Waals surface area contributed by atoms with Gasteiger partial charge in [0.25, 0.3) is 0 Å². The number of nitrogens with zero attached hydrogens (tertiary/aromatic N) is 1. The van der Waals surface area contributed by atoms with Gasteiger partial charge in [0.15, 0.2) is 5.78 Å². The van der Waals surface area contributed by atoms with Crippen molar-refractivity contribution in [2.24, 2.45) is 10.7 Å². The van der Waals surface area contributed by atoms with Crippen molar-refractivity contribution in [1.29, 1.82) is 0 Å². The van der Waals surface area contributed by atoms with E-state index in [0.717, 1.165) is 34.7 Å². The molecular weight excluding hydrogens is 791 g/mol. The average molecular weight is 821 g/mol. The van der Waals surface area contributed by atoms with Crippen LogP contribution in [0.25, 0.3) is 0 Å². The molecule has 40 heavy (non-hydrogen) atoms. The minimum Gasteiger partial charge on any atom is -0.507 e. The number of benzene rings is 4. The molecule has 4 aromatic rings. The Balaban J connectivity index is 0.000000324. The first kappa shape index (κ1) is 36.0. The SMILES string of the molecule is CC(=NCc1ccc(Br)cc1)c1ccc(Br)cc1O.CC(=O)c1ccc(Br)cc1O.Cl.NCc1ccc(Br)cc1. The van der Waals surface area contributed by atoms with Crippen molar-refractivity contribution in [2.45, 2.75) is 26.9 Å². The first-order chi connectivity index (χ1) is 18.5. The highest BCUT2D eigenvalue weighted by Crippen LogP contribution is 2.24. The van der Waals surface area contributed by atoms with E-state index in [0.29, 0.717) is 18.7 Å². The van der Waals surface area contributed by atoms with Crippen LogP contribution >= 0.6 is 76.1 Å². The van der Waals surface area contributed by atoms with Gasteiger partial charge in [0.2, 0.25) is 0 Å². The van der Waals surface area contributed by atoms with Gasteiger partial charge in [-0.15, -0.1) is 12.4 Å². The molecule has 0 amide bonds. The molecule has 0 fully saturated rings. The lowest BCUT2D eigenvalue weighted by atomic mass is 10.1. The molecule has 0 aliphatic rings. The number of halogens is 5. The summed E-state index contributed by atoms with van der Waals surface area (Å²) in [6, 6.07) is 26.3. The van der Waals surface area contributed by atoms with Gasteiger partial charge in [0, 0.05) is 35.7 Å². The summed E-state index contributed by atoms with van der Waals surface area (Å²) >= 11 is 13.2. The number of rotatable bonds is 5. The molecule has 5 nitrogen and oxygen atoms in total. The van der Waals surface area contributed by atoms with Gasteiger partial charge in [-0.3, -0.25) is 9.79 Å². The third-order valence-corrected chi connectivity index (χ3v) is 7.29. The summed E-state index contributed by atoms with van der Waals surface area (Å²) < 4.78 is 3.77. The highest BCUT2D eigenvalue weighted by molar-refractivity contribution is 9.11. The van der Waals surface area contributed by atoms with Crippen LogP contribution in [-0.4, -0.2) is 21.7 Å². The maximum absolute atomic E-state index is 10.8. The average Bonchev–Trinajstić information content (AvgIpc) is 2.89. The zero-order valence-corrected chi connectivity index (χ0v) is 28.9. The summed E-state index contributed by atoms with van der Waals surface area (Å²) in [7, 11) is 0. The summed E-state index contributed by atoms with van der Waals surface area (Å²) in [5.74, 6) is 0.133. The van der Waals surface area contributed by atoms with Crippen LogP contribution < -0.4 is 5.73 Å². The van der Waals surface area contributed by atoms with Crippen molar-refractivity contribution < 1.29 is 15.0 Å². The first-order valence-corrected chi connectivity index (χ1v) is 14.9. The predicted molar refractivity (Wildman–Crippen MR) is 181 cm³/mol. The van der Waals surface area contributed by atoms with Crippen LogP contribution in [0.1, 0.15) is 40.9 Å². The molecule has 0 bridgehead atoms. The van der Waals surface area contributed by atoms with Crippen LogP contribution in [0.3, 0.4) is 0 Å². The molecule has 0 aliphatic carbocycles. The number of aliphatic imine (C=N–C) groups is 1. The second-order valence-electron chi connectivity index (χ2n) is 8.24. The van der Waals surface area contributed by atoms with Crippen molar-refractivity contribution in [3.05, 3.63) is 125 Å². The number of Topliss-reactive ketones (excluding diaryl/α,β-unsaturated/α-hetero) is 1. The van der Waals surface area contributed by atoms with E-state index >= 15 is 0 Å². The molecule has 4 N–H and O–H groups in total. The zero-order valence-electron chi connectivity index (χ0n) is 21.7. The molecule has 0 atom stereocenters. The fraction of sp³-hybridized carbons (Fsp3) is 0.133. The first-order valence-electron chi connectivity index (χ1n) is 11.7. The van der Waals surface area contributed by atoms with Crippen molar-refractivity contribution in [3.63, 3.8) is 0 Å². The zero-order chi connectivity index (χ0) is 28.9. The van der Waals surface area contributed by atoms with Gasteiger partial charge in [0.1, 0.15) is 11.5 Å². The topological polar surface area (TPSA) is 95.9 Å². The highest BCUT2D eigenvalue weighted by Gasteiger charge is 2.06. The lowest BCUT2D eigenvalue weighted by Gasteiger charge is -2.05. The smallest absolute Gasteiger partial charge is 0.163 e. The van der Waals surface area contributed by atoms with E-state index in [-0.39, 0.29) is 29.7 Å². The number of hydrogen-bond acceptors (Lipinski definition) is 5. The molecule has 0 aliphatic heterocycles. The summed E-state index contributed by atoms with van der Waals surface area (Å²) in [4.78, 5) is 15.3. The fourth-order valence-corrected chi connectivity index (χ4v) is 4.35. The van der Waals surface area contributed by atoms with E-state index < -0.39 is 0 Å². The number of aromatic hydroxyl groups is 2.